The number of hydrogen-bond acceptors (Lipinski definition) is 5. The van der Waals surface area contributed by atoms with Crippen LogP contribution in [-0.4, -0.2) is 70.6 Å². The van der Waals surface area contributed by atoms with E-state index in [4.69, 9.17) is 4.52 Å². The molecule has 1 amide bonds. The van der Waals surface area contributed by atoms with Crippen LogP contribution in [0.5, 0.6) is 0 Å². The summed E-state index contributed by atoms with van der Waals surface area (Å²) < 4.78 is 5.41. The van der Waals surface area contributed by atoms with Gasteiger partial charge >= 0.3 is 0 Å². The molecular weight excluding hydrogens is 316 g/mol. The summed E-state index contributed by atoms with van der Waals surface area (Å²) in [6.45, 7) is 5.66. The predicted octanol–water partition coefficient (Wildman–Crippen LogP) is 1.71. The van der Waals surface area contributed by atoms with Crippen molar-refractivity contribution in [3.8, 4) is 0 Å². The van der Waals surface area contributed by atoms with Crippen LogP contribution in [0.2, 0.25) is 0 Å². The number of para-hydroxylation sites is 1. The van der Waals surface area contributed by atoms with Crippen molar-refractivity contribution in [2.75, 3.05) is 32.7 Å². The van der Waals surface area contributed by atoms with Crippen LogP contribution in [0.25, 0.3) is 11.0 Å². The molecule has 2 saturated heterocycles. The minimum absolute atomic E-state index is 0.121. The van der Waals surface area contributed by atoms with E-state index in [-0.39, 0.29) is 6.04 Å². The molecule has 0 N–H and O–H groups in total. The summed E-state index contributed by atoms with van der Waals surface area (Å²) in [4.78, 5) is 19.5. The maximum atomic E-state index is 12.6. The molecule has 3 heterocycles. The van der Waals surface area contributed by atoms with Crippen LogP contribution in [-0.2, 0) is 11.3 Å². The molecule has 0 bridgehead atoms. The normalized spacial score (nSPS) is 26.0. The molecule has 6 heteroatoms. The quantitative estimate of drug-likeness (QED) is 0.848. The van der Waals surface area contributed by atoms with Gasteiger partial charge in [0, 0.05) is 50.7 Å². The van der Waals surface area contributed by atoms with Gasteiger partial charge in [-0.3, -0.25) is 14.6 Å². The van der Waals surface area contributed by atoms with Crippen molar-refractivity contribution in [1.82, 2.24) is 19.9 Å². The highest BCUT2D eigenvalue weighted by atomic mass is 16.5. The van der Waals surface area contributed by atoms with E-state index in [1.807, 2.05) is 18.2 Å². The van der Waals surface area contributed by atoms with Crippen molar-refractivity contribution in [3.05, 3.63) is 30.0 Å². The van der Waals surface area contributed by atoms with E-state index in [1.54, 1.807) is 0 Å². The Morgan fingerprint density at radius 3 is 2.64 bits per heavy atom. The fourth-order valence-electron chi connectivity index (χ4n) is 4.27. The average Bonchev–Trinajstić information content (AvgIpc) is 3.30. The first-order valence-electron chi connectivity index (χ1n) is 9.40. The molecule has 0 spiro atoms. The highest BCUT2D eigenvalue weighted by Gasteiger charge is 2.43. The van der Waals surface area contributed by atoms with E-state index in [0.717, 1.165) is 62.4 Å². The third kappa shape index (κ3) is 2.83. The summed E-state index contributed by atoms with van der Waals surface area (Å²) in [5, 5.41) is 5.35. The molecular formula is C19H24N4O2. The van der Waals surface area contributed by atoms with Crippen LogP contribution in [0.15, 0.2) is 28.8 Å². The Kier molecular flexibility index (Phi) is 3.75. The number of rotatable bonds is 4. The van der Waals surface area contributed by atoms with Crippen LogP contribution < -0.4 is 0 Å². The van der Waals surface area contributed by atoms with Gasteiger partial charge in [0.15, 0.2) is 5.58 Å². The summed E-state index contributed by atoms with van der Waals surface area (Å²) in [6, 6.07) is 8.70. The molecule has 0 radical (unpaired) electrons. The zero-order chi connectivity index (χ0) is 16.8. The van der Waals surface area contributed by atoms with Gasteiger partial charge in [0.05, 0.1) is 6.04 Å². The van der Waals surface area contributed by atoms with Crippen molar-refractivity contribution in [2.45, 2.75) is 37.9 Å². The second kappa shape index (κ2) is 6.11. The average molecular weight is 340 g/mol. The summed E-state index contributed by atoms with van der Waals surface area (Å²) in [6.07, 6.45) is 3.42. The lowest BCUT2D eigenvalue weighted by atomic mass is 10.1. The maximum Gasteiger partial charge on any atom is 0.240 e. The number of nitrogens with zero attached hydrogens (tertiary/aromatic N) is 4. The Labute approximate surface area is 147 Å². The number of benzene rings is 1. The molecule has 1 aromatic heterocycles. The van der Waals surface area contributed by atoms with Crippen LogP contribution in [0.3, 0.4) is 0 Å². The Balaban J connectivity index is 1.19. The SMILES string of the molecule is O=C1C(N2CCN(Cc3noc4ccccc34)CC2)CCN1C1CC1. The number of carbonyl (C=O) groups excluding carboxylic acids is 1. The molecule has 25 heavy (non-hydrogen) atoms. The first-order chi connectivity index (χ1) is 12.3. The number of piperazine rings is 1. The van der Waals surface area contributed by atoms with Crippen molar-refractivity contribution >= 4 is 16.9 Å². The van der Waals surface area contributed by atoms with Crippen LogP contribution in [0.1, 0.15) is 25.0 Å². The Morgan fingerprint density at radius 2 is 1.84 bits per heavy atom. The van der Waals surface area contributed by atoms with Crippen LogP contribution in [0.4, 0.5) is 0 Å². The highest BCUT2D eigenvalue weighted by molar-refractivity contribution is 5.84. The minimum atomic E-state index is 0.121. The van der Waals surface area contributed by atoms with Crippen molar-refractivity contribution in [1.29, 1.82) is 0 Å². The summed E-state index contributed by atoms with van der Waals surface area (Å²) >= 11 is 0. The largest absolute Gasteiger partial charge is 0.356 e. The molecule has 1 aromatic carbocycles. The molecule has 2 aromatic rings. The zero-order valence-corrected chi connectivity index (χ0v) is 14.4. The molecule has 3 aliphatic rings. The van der Waals surface area contributed by atoms with Crippen molar-refractivity contribution < 1.29 is 9.32 Å². The van der Waals surface area contributed by atoms with Gasteiger partial charge < -0.3 is 9.42 Å². The number of carbonyl (C=O) groups is 1. The molecule has 1 saturated carbocycles. The third-order valence-corrected chi connectivity index (χ3v) is 5.87. The fourth-order valence-corrected chi connectivity index (χ4v) is 4.27. The number of likely N-dealkylation sites (tertiary alicyclic amines) is 1. The molecule has 2 aliphatic heterocycles. The van der Waals surface area contributed by atoms with Gasteiger partial charge in [-0.1, -0.05) is 17.3 Å². The number of amides is 1. The van der Waals surface area contributed by atoms with E-state index in [0.29, 0.717) is 11.9 Å². The minimum Gasteiger partial charge on any atom is -0.356 e. The molecule has 132 valence electrons. The lowest BCUT2D eigenvalue weighted by molar-refractivity contribution is -0.133. The monoisotopic (exact) mass is 340 g/mol. The molecule has 6 nitrogen and oxygen atoms in total. The lowest BCUT2D eigenvalue weighted by Crippen LogP contribution is -2.52. The van der Waals surface area contributed by atoms with E-state index >= 15 is 0 Å². The zero-order valence-electron chi connectivity index (χ0n) is 14.4. The van der Waals surface area contributed by atoms with Gasteiger partial charge in [-0.25, -0.2) is 0 Å². The van der Waals surface area contributed by atoms with E-state index in [1.165, 1.54) is 12.8 Å². The summed E-state index contributed by atoms with van der Waals surface area (Å²) in [7, 11) is 0. The maximum absolute atomic E-state index is 12.6. The molecule has 1 aliphatic carbocycles. The summed E-state index contributed by atoms with van der Waals surface area (Å²) in [5.41, 5.74) is 1.87. The van der Waals surface area contributed by atoms with Crippen molar-refractivity contribution in [2.24, 2.45) is 0 Å². The number of aromatic nitrogens is 1. The molecule has 1 atom stereocenters. The van der Waals surface area contributed by atoms with E-state index in [9.17, 15) is 4.79 Å². The topological polar surface area (TPSA) is 52.8 Å². The lowest BCUT2D eigenvalue weighted by Gasteiger charge is -2.37. The smallest absolute Gasteiger partial charge is 0.240 e. The number of hydrogen-bond donors (Lipinski definition) is 0. The second-order valence-corrected chi connectivity index (χ2v) is 7.50. The first kappa shape index (κ1) is 15.3. The van der Waals surface area contributed by atoms with Gasteiger partial charge in [0.1, 0.15) is 5.69 Å². The van der Waals surface area contributed by atoms with E-state index < -0.39 is 0 Å². The first-order valence-corrected chi connectivity index (χ1v) is 9.40. The Bertz CT molecular complexity index is 777. The fraction of sp³-hybridized carbons (Fsp3) is 0.579. The molecule has 5 rings (SSSR count). The third-order valence-electron chi connectivity index (χ3n) is 5.87. The second-order valence-electron chi connectivity index (χ2n) is 7.50. The predicted molar refractivity (Wildman–Crippen MR) is 94.0 cm³/mol. The van der Waals surface area contributed by atoms with Crippen LogP contribution in [0, 0.1) is 0 Å². The highest BCUT2D eigenvalue weighted by Crippen LogP contribution is 2.32. The van der Waals surface area contributed by atoms with Gasteiger partial charge in [-0.2, -0.15) is 0 Å². The number of fused-ring (bicyclic) bond motifs is 1. The van der Waals surface area contributed by atoms with Gasteiger partial charge in [-0.15, -0.1) is 0 Å². The van der Waals surface area contributed by atoms with Gasteiger partial charge in [-0.05, 0) is 31.4 Å². The van der Waals surface area contributed by atoms with Crippen LogP contribution >= 0.6 is 0 Å². The van der Waals surface area contributed by atoms with Gasteiger partial charge in [0.2, 0.25) is 5.91 Å². The Morgan fingerprint density at radius 1 is 1.04 bits per heavy atom. The van der Waals surface area contributed by atoms with E-state index in [2.05, 4.69) is 25.9 Å². The standard InChI is InChI=1S/C19H24N4O2/c24-19-17(7-8-23(19)14-5-6-14)22-11-9-21(10-12-22)13-16-15-3-1-2-4-18(15)25-20-16/h1-4,14,17H,5-13H2. The van der Waals surface area contributed by atoms with Crippen molar-refractivity contribution in [3.63, 3.8) is 0 Å². The Hall–Kier alpha value is -1.92. The van der Waals surface area contributed by atoms with Gasteiger partial charge in [0.25, 0.3) is 0 Å². The molecule has 3 fully saturated rings. The summed E-state index contributed by atoms with van der Waals surface area (Å²) in [5.74, 6) is 0.374. The molecule has 1 unspecified atom stereocenters.